The molecule has 1 atom stereocenters. The van der Waals surface area contributed by atoms with Crippen LogP contribution in [0.15, 0.2) is 47.5 Å². The van der Waals surface area contributed by atoms with Gasteiger partial charge in [-0.25, -0.2) is 23.5 Å². The largest absolute Gasteiger partial charge is 0.760 e. The molecule has 0 fully saturated rings. The molecular weight excluding hydrogens is 490 g/mol. The molecule has 0 bridgehead atoms. The van der Waals surface area contributed by atoms with E-state index in [0.29, 0.717) is 45.6 Å². The van der Waals surface area contributed by atoms with Crippen molar-refractivity contribution < 1.29 is 17.5 Å². The highest BCUT2D eigenvalue weighted by atomic mass is 32.2. The predicted octanol–water partition coefficient (Wildman–Crippen LogP) is 2.84. The zero-order chi connectivity index (χ0) is 25.6. The fourth-order valence-corrected chi connectivity index (χ4v) is 4.61. The highest BCUT2D eigenvalue weighted by Crippen LogP contribution is 2.30. The number of nitrogens with one attached hydrogen (secondary N) is 2. The Morgan fingerprint density at radius 1 is 1.17 bits per heavy atom. The first-order chi connectivity index (χ1) is 17.2. The van der Waals surface area contributed by atoms with Gasteiger partial charge in [0.15, 0.2) is 5.65 Å². The Morgan fingerprint density at radius 2 is 1.97 bits per heavy atom. The molecule has 186 valence electrons. The van der Waals surface area contributed by atoms with Gasteiger partial charge in [-0.3, -0.25) is 9.00 Å². The van der Waals surface area contributed by atoms with E-state index in [-0.39, 0.29) is 24.2 Å². The second kappa shape index (κ2) is 9.37. The molecule has 0 aliphatic heterocycles. The Morgan fingerprint density at radius 3 is 2.72 bits per heavy atom. The molecule has 9 nitrogen and oxygen atoms in total. The first kappa shape index (κ1) is 24.0. The van der Waals surface area contributed by atoms with Gasteiger partial charge >= 0.3 is 0 Å². The number of fused-ring (bicyclic) bond motifs is 2. The summed E-state index contributed by atoms with van der Waals surface area (Å²) in [6.45, 7) is 1.97. The predicted molar refractivity (Wildman–Crippen MR) is 131 cm³/mol. The molecule has 0 radical (unpaired) electrons. The third-order valence-electron chi connectivity index (χ3n) is 6.10. The van der Waals surface area contributed by atoms with E-state index in [4.69, 9.17) is 4.98 Å². The number of hydrogen-bond donors (Lipinski definition) is 2. The lowest BCUT2D eigenvalue weighted by molar-refractivity contribution is 0.523. The Bertz CT molecular complexity index is 1710. The molecule has 5 rings (SSSR count). The number of aromatic nitrogens is 5. The van der Waals surface area contributed by atoms with E-state index < -0.39 is 22.9 Å². The molecule has 1 unspecified atom stereocenters. The van der Waals surface area contributed by atoms with Gasteiger partial charge in [-0.1, -0.05) is 6.07 Å². The van der Waals surface area contributed by atoms with Crippen molar-refractivity contribution in [2.75, 3.05) is 6.54 Å². The lowest BCUT2D eigenvalue weighted by Crippen LogP contribution is -2.19. The van der Waals surface area contributed by atoms with Crippen molar-refractivity contribution in [1.29, 1.82) is 0 Å². The molecule has 0 aliphatic rings. The number of hydrogen-bond acceptors (Lipinski definition) is 5. The zero-order valence-corrected chi connectivity index (χ0v) is 20.2. The van der Waals surface area contributed by atoms with Crippen molar-refractivity contribution in [2.24, 2.45) is 7.05 Å². The van der Waals surface area contributed by atoms with Crippen LogP contribution in [0.1, 0.15) is 17.0 Å². The second-order valence-corrected chi connectivity index (χ2v) is 9.18. The van der Waals surface area contributed by atoms with E-state index >= 15 is 0 Å². The minimum atomic E-state index is -2.42. The molecule has 4 aromatic heterocycles. The number of nitrogens with zero attached hydrogens (tertiary/aromatic N) is 4. The Hall–Kier alpha value is -3.74. The summed E-state index contributed by atoms with van der Waals surface area (Å²) in [6.07, 6.45) is 3.69. The van der Waals surface area contributed by atoms with Gasteiger partial charge in [0.05, 0.1) is 12.2 Å². The summed E-state index contributed by atoms with van der Waals surface area (Å²) in [5, 5.41) is 0.682. The Kier molecular flexibility index (Phi) is 6.24. The van der Waals surface area contributed by atoms with Crippen molar-refractivity contribution in [3.63, 3.8) is 0 Å². The molecule has 5 aromatic rings. The van der Waals surface area contributed by atoms with Crippen LogP contribution in [0.5, 0.6) is 0 Å². The number of benzene rings is 1. The van der Waals surface area contributed by atoms with Crippen LogP contribution in [0.2, 0.25) is 0 Å². The monoisotopic (exact) mass is 511 g/mol. The van der Waals surface area contributed by atoms with Gasteiger partial charge in [-0.15, -0.1) is 0 Å². The number of rotatable bonds is 7. The van der Waals surface area contributed by atoms with Gasteiger partial charge in [-0.05, 0) is 37.1 Å². The van der Waals surface area contributed by atoms with Crippen LogP contribution in [0.4, 0.5) is 8.78 Å². The SMILES string of the molecule is Cc1nc2c(CCNS(=O)[O-])cc(-c3cn(C)c(=O)c4[nH]ccc34)nc2n1Cc1ccc(F)cc1F. The van der Waals surface area contributed by atoms with Crippen LogP contribution >= 0.6 is 0 Å². The minimum Gasteiger partial charge on any atom is -0.760 e. The normalized spacial score (nSPS) is 12.6. The fraction of sp³-hybridized carbons (Fsp3) is 0.208. The number of aryl methyl sites for hydroxylation is 2. The average Bonchev–Trinajstić information content (AvgIpc) is 3.43. The first-order valence-electron chi connectivity index (χ1n) is 11.0. The standard InChI is InChI=1S/C24H22F2N6O3S/c1-13-29-21-14(5-8-28-36(34)35)9-20(18-12-31(2)24(33)22-17(18)6-7-27-22)30-23(21)32(13)11-15-3-4-16(25)10-19(15)26/h3-4,6-7,9-10,12,27-28H,5,8,11H2,1-2H3,(H,34,35)/p-1. The van der Waals surface area contributed by atoms with Crippen LogP contribution in [0.25, 0.3) is 33.3 Å². The summed E-state index contributed by atoms with van der Waals surface area (Å²) >= 11 is -2.42. The van der Waals surface area contributed by atoms with Gasteiger partial charge < -0.3 is 18.7 Å². The molecule has 0 amide bonds. The second-order valence-electron chi connectivity index (χ2n) is 8.42. The van der Waals surface area contributed by atoms with Crippen molar-refractivity contribution in [2.45, 2.75) is 19.9 Å². The third-order valence-corrected chi connectivity index (χ3v) is 6.54. The summed E-state index contributed by atoms with van der Waals surface area (Å²) in [6, 6.07) is 7.01. The minimum absolute atomic E-state index is 0.0695. The maximum absolute atomic E-state index is 14.5. The zero-order valence-electron chi connectivity index (χ0n) is 19.3. The summed E-state index contributed by atoms with van der Waals surface area (Å²) in [5.41, 5.74) is 3.49. The van der Waals surface area contributed by atoms with Gasteiger partial charge in [-0.2, -0.15) is 0 Å². The molecule has 0 saturated heterocycles. The van der Waals surface area contributed by atoms with Gasteiger partial charge in [0, 0.05) is 59.8 Å². The van der Waals surface area contributed by atoms with Crippen molar-refractivity contribution in [1.82, 2.24) is 28.8 Å². The lowest BCUT2D eigenvalue weighted by atomic mass is 10.0. The fourth-order valence-electron chi connectivity index (χ4n) is 4.34. The Labute approximate surface area is 206 Å². The number of aromatic amines is 1. The molecular formula is C24H21F2N6O3S-. The molecule has 36 heavy (non-hydrogen) atoms. The number of imidazole rings is 1. The first-order valence-corrected chi connectivity index (χ1v) is 12.1. The van der Waals surface area contributed by atoms with Crippen molar-refractivity contribution in [3.05, 3.63) is 81.7 Å². The highest BCUT2D eigenvalue weighted by Gasteiger charge is 2.19. The van der Waals surface area contributed by atoms with E-state index in [0.717, 1.165) is 11.6 Å². The van der Waals surface area contributed by atoms with Crippen LogP contribution in [-0.2, 0) is 31.3 Å². The summed E-state index contributed by atoms with van der Waals surface area (Å²) in [7, 11) is 1.64. The van der Waals surface area contributed by atoms with E-state index in [1.54, 1.807) is 37.0 Å². The number of H-pyrrole nitrogens is 1. The smallest absolute Gasteiger partial charge is 0.274 e. The van der Waals surface area contributed by atoms with Crippen LogP contribution < -0.4 is 10.3 Å². The van der Waals surface area contributed by atoms with E-state index in [2.05, 4.69) is 14.7 Å². The van der Waals surface area contributed by atoms with Crippen LogP contribution in [-0.4, -0.2) is 39.4 Å². The molecule has 1 aromatic carbocycles. The van der Waals surface area contributed by atoms with E-state index in [1.807, 2.05) is 6.07 Å². The summed E-state index contributed by atoms with van der Waals surface area (Å²) < 4.78 is 55.5. The number of pyridine rings is 2. The maximum atomic E-state index is 14.5. The number of halogens is 2. The van der Waals surface area contributed by atoms with Crippen molar-refractivity contribution in [3.8, 4) is 11.3 Å². The van der Waals surface area contributed by atoms with Crippen molar-refractivity contribution >= 4 is 33.3 Å². The molecule has 0 saturated carbocycles. The van der Waals surface area contributed by atoms with E-state index in [9.17, 15) is 22.3 Å². The molecule has 0 aliphatic carbocycles. The maximum Gasteiger partial charge on any atom is 0.274 e. The van der Waals surface area contributed by atoms with Crippen LogP contribution in [0, 0.1) is 18.6 Å². The summed E-state index contributed by atoms with van der Waals surface area (Å²) in [5.74, 6) is -0.784. The molecule has 2 N–H and O–H groups in total. The van der Waals surface area contributed by atoms with Gasteiger partial charge in [0.25, 0.3) is 5.56 Å². The van der Waals surface area contributed by atoms with Gasteiger partial charge in [0.1, 0.15) is 28.5 Å². The Balaban J connectivity index is 1.72. The molecule has 4 heterocycles. The lowest BCUT2D eigenvalue weighted by Gasteiger charge is -2.12. The van der Waals surface area contributed by atoms with Crippen LogP contribution in [0.3, 0.4) is 0 Å². The molecule has 12 heteroatoms. The quantitative estimate of drug-likeness (QED) is 0.326. The van der Waals surface area contributed by atoms with Gasteiger partial charge in [0.2, 0.25) is 0 Å². The highest BCUT2D eigenvalue weighted by molar-refractivity contribution is 7.77. The summed E-state index contributed by atoms with van der Waals surface area (Å²) in [4.78, 5) is 25.0. The third kappa shape index (κ3) is 4.34. The molecule has 0 spiro atoms. The average molecular weight is 512 g/mol. The topological polar surface area (TPSA) is 121 Å². The van der Waals surface area contributed by atoms with E-state index in [1.165, 1.54) is 16.7 Å².